The van der Waals surface area contributed by atoms with E-state index in [1.165, 1.54) is 4.68 Å². The molecule has 2 N–H and O–H groups in total. The molecule has 0 fully saturated rings. The summed E-state index contributed by atoms with van der Waals surface area (Å²) in [5.74, 6) is 0. The molecule has 0 spiro atoms. The third-order valence-electron chi connectivity index (χ3n) is 1.84. The van der Waals surface area contributed by atoms with Gasteiger partial charge in [0.15, 0.2) is 10.8 Å². The van der Waals surface area contributed by atoms with Crippen LogP contribution in [0.25, 0.3) is 11.0 Å². The summed E-state index contributed by atoms with van der Waals surface area (Å²) in [6.07, 6.45) is 1.56. The molecule has 0 aliphatic rings. The van der Waals surface area contributed by atoms with Gasteiger partial charge in [0.2, 0.25) is 0 Å². The second-order valence-electron chi connectivity index (χ2n) is 2.71. The average molecular weight is 208 g/mol. The van der Waals surface area contributed by atoms with Crippen molar-refractivity contribution in [2.24, 2.45) is 0 Å². The van der Waals surface area contributed by atoms with Crippen molar-refractivity contribution in [1.29, 1.82) is 5.26 Å². The molecule has 2 aromatic heterocycles. The molecule has 70 valence electrons. The van der Waals surface area contributed by atoms with E-state index >= 15 is 0 Å². The maximum absolute atomic E-state index is 8.54. The number of nitrogens with zero attached hydrogens (tertiary/aromatic N) is 4. The zero-order chi connectivity index (χ0) is 10.1. The number of aromatic nitrogens is 3. The highest BCUT2D eigenvalue weighted by molar-refractivity contribution is 6.35. The predicted octanol–water partition coefficient (Wildman–Crippen LogP) is 1.19. The summed E-state index contributed by atoms with van der Waals surface area (Å²) in [7, 11) is 0. The molecule has 2 heterocycles. The Labute approximate surface area is 84.7 Å². The van der Waals surface area contributed by atoms with E-state index in [0.29, 0.717) is 16.7 Å². The van der Waals surface area contributed by atoms with E-state index in [2.05, 4.69) is 10.1 Å². The van der Waals surface area contributed by atoms with Crippen LogP contribution in [0.15, 0.2) is 12.3 Å². The minimum atomic E-state index is 0.111. The van der Waals surface area contributed by atoms with Crippen LogP contribution in [0.2, 0.25) is 5.15 Å². The van der Waals surface area contributed by atoms with Gasteiger partial charge in [-0.15, -0.1) is 0 Å². The smallest absolute Gasteiger partial charge is 0.162 e. The Morgan fingerprint density at radius 2 is 2.43 bits per heavy atom. The summed E-state index contributed by atoms with van der Waals surface area (Å²) in [4.78, 5) is 4.07. The van der Waals surface area contributed by atoms with Gasteiger partial charge in [0.1, 0.15) is 6.54 Å². The maximum Gasteiger partial charge on any atom is 0.162 e. The number of halogens is 1. The van der Waals surface area contributed by atoms with Crippen LogP contribution in [0.4, 0.5) is 5.69 Å². The monoisotopic (exact) mass is 207 g/mol. The van der Waals surface area contributed by atoms with E-state index in [-0.39, 0.29) is 11.7 Å². The second-order valence-corrected chi connectivity index (χ2v) is 3.06. The molecule has 0 radical (unpaired) electrons. The molecular formula is C8H6ClN5. The first-order valence-electron chi connectivity index (χ1n) is 3.87. The molecule has 2 rings (SSSR count). The molecule has 0 atom stereocenters. The van der Waals surface area contributed by atoms with Crippen LogP contribution in [0.1, 0.15) is 0 Å². The number of fused-ring (bicyclic) bond motifs is 1. The fraction of sp³-hybridized carbons (Fsp3) is 0.125. The highest BCUT2D eigenvalue weighted by Gasteiger charge is 2.11. The first-order chi connectivity index (χ1) is 6.74. The largest absolute Gasteiger partial charge is 0.398 e. The zero-order valence-electron chi connectivity index (χ0n) is 7.11. The summed E-state index contributed by atoms with van der Waals surface area (Å²) < 4.78 is 1.42. The van der Waals surface area contributed by atoms with Gasteiger partial charge in [0.05, 0.1) is 11.5 Å². The normalized spacial score (nSPS) is 10.3. The Balaban J connectivity index is 2.79. The molecule has 0 aliphatic carbocycles. The summed E-state index contributed by atoms with van der Waals surface area (Å²) in [6.45, 7) is 0.111. The molecule has 2 aromatic rings. The van der Waals surface area contributed by atoms with E-state index in [1.54, 1.807) is 12.3 Å². The summed E-state index contributed by atoms with van der Waals surface area (Å²) >= 11 is 5.86. The summed E-state index contributed by atoms with van der Waals surface area (Å²) in [6, 6.07) is 3.62. The second kappa shape index (κ2) is 3.16. The molecule has 0 saturated heterocycles. The summed E-state index contributed by atoms with van der Waals surface area (Å²) in [5.41, 5.74) is 6.76. The van der Waals surface area contributed by atoms with Crippen LogP contribution in [0.5, 0.6) is 0 Å². The molecule has 0 saturated carbocycles. The number of nitrogens with two attached hydrogens (primary N) is 1. The van der Waals surface area contributed by atoms with Gasteiger partial charge in [0.25, 0.3) is 0 Å². The van der Waals surface area contributed by atoms with Gasteiger partial charge in [-0.1, -0.05) is 11.6 Å². The zero-order valence-corrected chi connectivity index (χ0v) is 7.86. The van der Waals surface area contributed by atoms with Crippen LogP contribution in [-0.4, -0.2) is 14.8 Å². The highest BCUT2D eigenvalue weighted by Crippen LogP contribution is 2.26. The molecule has 6 heteroatoms. The number of nitrogen functional groups attached to an aromatic ring is 1. The first kappa shape index (κ1) is 8.78. The van der Waals surface area contributed by atoms with Crippen molar-refractivity contribution in [3.8, 4) is 6.07 Å². The molecule has 0 aromatic carbocycles. The van der Waals surface area contributed by atoms with Gasteiger partial charge >= 0.3 is 0 Å². The van der Waals surface area contributed by atoms with Crippen molar-refractivity contribution >= 4 is 28.3 Å². The average Bonchev–Trinajstić information content (AvgIpc) is 2.46. The van der Waals surface area contributed by atoms with Crippen molar-refractivity contribution in [2.45, 2.75) is 6.54 Å². The highest BCUT2D eigenvalue weighted by atomic mass is 35.5. The Morgan fingerprint density at radius 1 is 1.64 bits per heavy atom. The molecule has 14 heavy (non-hydrogen) atoms. The number of rotatable bonds is 1. The number of anilines is 1. The SMILES string of the molecule is N#CCn1nc(Cl)c2c(N)ccnc21. The van der Waals surface area contributed by atoms with Crippen molar-refractivity contribution in [3.05, 3.63) is 17.4 Å². The third-order valence-corrected chi connectivity index (χ3v) is 2.11. The minimum absolute atomic E-state index is 0.111. The van der Waals surface area contributed by atoms with E-state index in [4.69, 9.17) is 22.6 Å². The Morgan fingerprint density at radius 3 is 3.14 bits per heavy atom. The lowest BCUT2D eigenvalue weighted by Gasteiger charge is -1.96. The van der Waals surface area contributed by atoms with E-state index in [0.717, 1.165) is 0 Å². The fourth-order valence-corrected chi connectivity index (χ4v) is 1.54. The fourth-order valence-electron chi connectivity index (χ4n) is 1.25. The van der Waals surface area contributed by atoms with Gasteiger partial charge in [0, 0.05) is 11.9 Å². The van der Waals surface area contributed by atoms with Crippen LogP contribution in [0, 0.1) is 11.3 Å². The van der Waals surface area contributed by atoms with E-state index < -0.39 is 0 Å². The maximum atomic E-state index is 8.54. The van der Waals surface area contributed by atoms with Crippen LogP contribution < -0.4 is 5.73 Å². The Kier molecular flexibility index (Phi) is 1.98. The number of hydrogen-bond donors (Lipinski definition) is 1. The molecule has 0 aliphatic heterocycles. The first-order valence-corrected chi connectivity index (χ1v) is 4.25. The van der Waals surface area contributed by atoms with E-state index in [9.17, 15) is 0 Å². The Bertz CT molecular complexity index is 524. The lowest BCUT2D eigenvalue weighted by atomic mass is 10.3. The third kappa shape index (κ3) is 1.17. The van der Waals surface area contributed by atoms with Crippen molar-refractivity contribution in [3.63, 3.8) is 0 Å². The molecule has 5 nitrogen and oxygen atoms in total. The number of nitriles is 1. The predicted molar refractivity (Wildman–Crippen MR) is 52.6 cm³/mol. The van der Waals surface area contributed by atoms with Gasteiger partial charge in [-0.05, 0) is 6.07 Å². The lowest BCUT2D eigenvalue weighted by molar-refractivity contribution is 0.728. The van der Waals surface area contributed by atoms with Crippen LogP contribution in [-0.2, 0) is 6.54 Å². The van der Waals surface area contributed by atoms with Gasteiger partial charge < -0.3 is 5.73 Å². The van der Waals surface area contributed by atoms with Crippen LogP contribution >= 0.6 is 11.6 Å². The topological polar surface area (TPSA) is 80.5 Å². The van der Waals surface area contributed by atoms with Crippen molar-refractivity contribution in [1.82, 2.24) is 14.8 Å². The van der Waals surface area contributed by atoms with Gasteiger partial charge in [-0.25, -0.2) is 9.67 Å². The van der Waals surface area contributed by atoms with Gasteiger partial charge in [-0.2, -0.15) is 10.4 Å². The molecular weight excluding hydrogens is 202 g/mol. The number of pyridine rings is 1. The minimum Gasteiger partial charge on any atom is -0.398 e. The summed E-state index contributed by atoms with van der Waals surface area (Å²) in [5, 5.41) is 13.4. The standard InChI is InChI=1S/C8H6ClN5/c9-7-6-5(11)1-3-12-8(6)14(13-7)4-2-10/h1,3H,4H2,(H2,11,12). The molecule has 0 amide bonds. The molecule has 0 bridgehead atoms. The number of hydrogen-bond acceptors (Lipinski definition) is 4. The van der Waals surface area contributed by atoms with Crippen molar-refractivity contribution in [2.75, 3.05) is 5.73 Å². The van der Waals surface area contributed by atoms with E-state index in [1.807, 2.05) is 6.07 Å². The van der Waals surface area contributed by atoms with Crippen LogP contribution in [0.3, 0.4) is 0 Å². The molecule has 0 unspecified atom stereocenters. The van der Waals surface area contributed by atoms with Crippen molar-refractivity contribution < 1.29 is 0 Å². The lowest BCUT2D eigenvalue weighted by Crippen LogP contribution is -1.98. The Hall–Kier alpha value is -1.80. The van der Waals surface area contributed by atoms with Gasteiger partial charge in [-0.3, -0.25) is 0 Å². The quantitative estimate of drug-likeness (QED) is 0.762.